The lowest BCUT2D eigenvalue weighted by molar-refractivity contribution is 0.337. The molecule has 8 heteroatoms. The molecule has 2 aliphatic heterocycles. The SMILES string of the molecule is CC1CC2CNCC2N1S(=O)(=O)CS(C)(=O)=O. The van der Waals surface area contributed by atoms with Crippen LogP contribution >= 0.6 is 0 Å². The van der Waals surface area contributed by atoms with Crippen molar-refractivity contribution in [2.45, 2.75) is 25.4 Å². The van der Waals surface area contributed by atoms with Crippen LogP contribution in [0, 0.1) is 5.92 Å². The van der Waals surface area contributed by atoms with Crippen LogP contribution in [0.25, 0.3) is 0 Å². The van der Waals surface area contributed by atoms with Gasteiger partial charge in [-0.25, -0.2) is 16.8 Å². The van der Waals surface area contributed by atoms with Gasteiger partial charge in [-0.1, -0.05) is 0 Å². The van der Waals surface area contributed by atoms with Crippen LogP contribution in [0.15, 0.2) is 0 Å². The first kappa shape index (κ1) is 13.3. The van der Waals surface area contributed by atoms with Crippen LogP contribution in [-0.2, 0) is 19.9 Å². The average Bonchev–Trinajstić information content (AvgIpc) is 2.56. The molecule has 0 spiro atoms. The Kier molecular flexibility index (Phi) is 3.26. The van der Waals surface area contributed by atoms with E-state index >= 15 is 0 Å². The molecule has 0 aromatic rings. The number of nitrogens with one attached hydrogen (secondary N) is 1. The van der Waals surface area contributed by atoms with E-state index < -0.39 is 24.9 Å². The van der Waals surface area contributed by atoms with E-state index in [0.29, 0.717) is 12.5 Å². The number of sulfonamides is 1. The lowest BCUT2D eigenvalue weighted by Crippen LogP contribution is -2.44. The molecule has 0 aromatic carbocycles. The van der Waals surface area contributed by atoms with Crippen molar-refractivity contribution in [1.82, 2.24) is 9.62 Å². The summed E-state index contributed by atoms with van der Waals surface area (Å²) in [6, 6.07) is -0.171. The van der Waals surface area contributed by atoms with E-state index in [1.54, 1.807) is 0 Å². The number of hydrogen-bond donors (Lipinski definition) is 1. The lowest BCUT2D eigenvalue weighted by Gasteiger charge is -2.26. The first-order valence-corrected chi connectivity index (χ1v) is 9.27. The van der Waals surface area contributed by atoms with Crippen LogP contribution in [-0.4, -0.2) is 57.7 Å². The highest BCUT2D eigenvalue weighted by Gasteiger charge is 2.47. The molecule has 2 rings (SSSR count). The van der Waals surface area contributed by atoms with Crippen molar-refractivity contribution >= 4 is 19.9 Å². The molecule has 0 saturated carbocycles. The molecule has 0 bridgehead atoms. The Bertz CT molecular complexity index is 499. The summed E-state index contributed by atoms with van der Waals surface area (Å²) in [6.45, 7) is 3.29. The first-order chi connectivity index (χ1) is 7.71. The second kappa shape index (κ2) is 4.18. The Morgan fingerprint density at radius 3 is 2.47 bits per heavy atom. The molecule has 2 heterocycles. The highest BCUT2D eigenvalue weighted by Crippen LogP contribution is 2.34. The van der Waals surface area contributed by atoms with Gasteiger partial charge in [-0.15, -0.1) is 0 Å². The topological polar surface area (TPSA) is 83.6 Å². The predicted molar refractivity (Wildman–Crippen MR) is 64.7 cm³/mol. The van der Waals surface area contributed by atoms with Gasteiger partial charge in [-0.05, 0) is 25.8 Å². The molecule has 17 heavy (non-hydrogen) atoms. The van der Waals surface area contributed by atoms with Gasteiger partial charge in [-0.3, -0.25) is 0 Å². The van der Waals surface area contributed by atoms with Crippen molar-refractivity contribution in [3.63, 3.8) is 0 Å². The summed E-state index contributed by atoms with van der Waals surface area (Å²) in [5, 5.41) is 2.37. The third-order valence-corrected chi connectivity index (χ3v) is 7.57. The van der Waals surface area contributed by atoms with Gasteiger partial charge in [0.1, 0.15) is 0 Å². The fourth-order valence-corrected chi connectivity index (χ4v) is 6.88. The average molecular weight is 282 g/mol. The normalized spacial score (nSPS) is 35.1. The van der Waals surface area contributed by atoms with Crippen LogP contribution in [0.4, 0.5) is 0 Å². The molecule has 2 aliphatic rings. The maximum atomic E-state index is 12.1. The van der Waals surface area contributed by atoms with Gasteiger partial charge < -0.3 is 5.32 Å². The molecule has 100 valence electrons. The largest absolute Gasteiger partial charge is 0.315 e. The highest BCUT2D eigenvalue weighted by molar-refractivity contribution is 8.06. The van der Waals surface area contributed by atoms with E-state index in [4.69, 9.17) is 0 Å². The van der Waals surface area contributed by atoms with Crippen LogP contribution in [0.5, 0.6) is 0 Å². The van der Waals surface area contributed by atoms with Crippen molar-refractivity contribution in [2.24, 2.45) is 5.92 Å². The smallest absolute Gasteiger partial charge is 0.229 e. The Morgan fingerprint density at radius 2 is 1.88 bits per heavy atom. The molecule has 0 aliphatic carbocycles. The third kappa shape index (κ3) is 2.64. The molecule has 0 radical (unpaired) electrons. The van der Waals surface area contributed by atoms with Gasteiger partial charge in [-0.2, -0.15) is 4.31 Å². The monoisotopic (exact) mass is 282 g/mol. The van der Waals surface area contributed by atoms with Crippen LogP contribution in [0.1, 0.15) is 13.3 Å². The number of fused-ring (bicyclic) bond motifs is 1. The third-order valence-electron chi connectivity index (χ3n) is 3.39. The van der Waals surface area contributed by atoms with Crippen molar-refractivity contribution in [1.29, 1.82) is 0 Å². The number of hydrogen-bond acceptors (Lipinski definition) is 5. The molecule has 2 fully saturated rings. The maximum Gasteiger partial charge on any atom is 0.229 e. The standard InChI is InChI=1S/C9H18N2O4S2/c1-7-3-8-4-10-5-9(8)11(7)17(14,15)6-16(2,12)13/h7-10H,3-6H2,1-2H3. The number of rotatable bonds is 3. The van der Waals surface area contributed by atoms with Gasteiger partial charge in [0.05, 0.1) is 0 Å². The van der Waals surface area contributed by atoms with Gasteiger partial charge in [0.15, 0.2) is 14.9 Å². The molecule has 1 N–H and O–H groups in total. The van der Waals surface area contributed by atoms with E-state index in [1.165, 1.54) is 4.31 Å². The van der Waals surface area contributed by atoms with Crippen LogP contribution < -0.4 is 5.32 Å². The van der Waals surface area contributed by atoms with Crippen LogP contribution in [0.3, 0.4) is 0 Å². The summed E-state index contributed by atoms with van der Waals surface area (Å²) in [5.74, 6) is 0.319. The fraction of sp³-hybridized carbons (Fsp3) is 1.00. The molecule has 3 unspecified atom stereocenters. The van der Waals surface area contributed by atoms with Gasteiger partial charge >= 0.3 is 0 Å². The summed E-state index contributed by atoms with van der Waals surface area (Å²) in [5.41, 5.74) is 0. The molecule has 2 saturated heterocycles. The Morgan fingerprint density at radius 1 is 1.24 bits per heavy atom. The van der Waals surface area contributed by atoms with Crippen LogP contribution in [0.2, 0.25) is 0 Å². The van der Waals surface area contributed by atoms with E-state index in [-0.39, 0.29) is 12.1 Å². The minimum atomic E-state index is -3.72. The van der Waals surface area contributed by atoms with Crippen molar-refractivity contribution < 1.29 is 16.8 Å². The zero-order chi connectivity index (χ0) is 12.8. The Balaban J connectivity index is 2.27. The first-order valence-electron chi connectivity index (χ1n) is 5.60. The minimum absolute atomic E-state index is 0.0725. The maximum absolute atomic E-state index is 12.1. The van der Waals surface area contributed by atoms with E-state index in [2.05, 4.69) is 5.32 Å². The van der Waals surface area contributed by atoms with Crippen molar-refractivity contribution in [3.05, 3.63) is 0 Å². The Labute approximate surface area is 102 Å². The molecule has 3 atom stereocenters. The van der Waals surface area contributed by atoms with Crippen molar-refractivity contribution in [2.75, 3.05) is 24.4 Å². The predicted octanol–water partition coefficient (Wildman–Crippen LogP) is -0.999. The molecule has 0 aromatic heterocycles. The summed E-state index contributed by atoms with van der Waals surface area (Å²) in [6.07, 6.45) is 1.76. The second-order valence-electron chi connectivity index (χ2n) is 5.06. The zero-order valence-electron chi connectivity index (χ0n) is 9.96. The van der Waals surface area contributed by atoms with E-state index in [1.807, 2.05) is 6.92 Å². The summed E-state index contributed by atoms with van der Waals surface area (Å²) >= 11 is 0. The number of sulfone groups is 1. The summed E-state index contributed by atoms with van der Waals surface area (Å²) in [7, 11) is -7.24. The minimum Gasteiger partial charge on any atom is -0.315 e. The zero-order valence-corrected chi connectivity index (χ0v) is 11.6. The molecule has 0 amide bonds. The fourth-order valence-electron chi connectivity index (χ4n) is 2.94. The molecular formula is C9H18N2O4S2. The van der Waals surface area contributed by atoms with Crippen molar-refractivity contribution in [3.8, 4) is 0 Å². The van der Waals surface area contributed by atoms with Gasteiger partial charge in [0, 0.05) is 24.9 Å². The summed E-state index contributed by atoms with van der Waals surface area (Å²) < 4.78 is 48.0. The molecular weight excluding hydrogens is 264 g/mol. The Hall–Kier alpha value is -0.180. The quantitative estimate of drug-likeness (QED) is 0.718. The van der Waals surface area contributed by atoms with Gasteiger partial charge in [0.25, 0.3) is 0 Å². The van der Waals surface area contributed by atoms with E-state index in [0.717, 1.165) is 19.2 Å². The van der Waals surface area contributed by atoms with E-state index in [9.17, 15) is 16.8 Å². The molecule has 6 nitrogen and oxygen atoms in total. The highest BCUT2D eigenvalue weighted by atomic mass is 32.3. The number of nitrogens with zero attached hydrogens (tertiary/aromatic N) is 1. The summed E-state index contributed by atoms with van der Waals surface area (Å²) in [4.78, 5) is 0. The lowest BCUT2D eigenvalue weighted by atomic mass is 10.0. The second-order valence-corrected chi connectivity index (χ2v) is 9.44. The van der Waals surface area contributed by atoms with Gasteiger partial charge in [0.2, 0.25) is 10.0 Å².